The number of aromatic nitrogens is 2. The summed E-state index contributed by atoms with van der Waals surface area (Å²) in [6, 6.07) is 7.51. The summed E-state index contributed by atoms with van der Waals surface area (Å²) < 4.78 is 1.87. The van der Waals surface area contributed by atoms with E-state index in [9.17, 15) is 9.59 Å². The van der Waals surface area contributed by atoms with Crippen LogP contribution in [0, 0.1) is 26.7 Å². The van der Waals surface area contributed by atoms with Gasteiger partial charge < -0.3 is 15.5 Å². The highest BCUT2D eigenvalue weighted by atomic mass is 16.2. The van der Waals surface area contributed by atoms with Gasteiger partial charge >= 0.3 is 6.03 Å². The van der Waals surface area contributed by atoms with Gasteiger partial charge in [-0.1, -0.05) is 17.7 Å². The van der Waals surface area contributed by atoms with Gasteiger partial charge in [0.05, 0.1) is 5.69 Å². The maximum absolute atomic E-state index is 12.8. The molecule has 1 aliphatic heterocycles. The first-order chi connectivity index (χ1) is 14.3. The number of nitrogens with zero attached hydrogens (tertiary/aromatic N) is 3. The molecule has 1 unspecified atom stereocenters. The van der Waals surface area contributed by atoms with Gasteiger partial charge in [0.1, 0.15) is 0 Å². The molecule has 3 amide bonds. The molecule has 2 N–H and O–H groups in total. The van der Waals surface area contributed by atoms with Crippen molar-refractivity contribution < 1.29 is 9.59 Å². The zero-order valence-corrected chi connectivity index (χ0v) is 18.5. The van der Waals surface area contributed by atoms with Crippen molar-refractivity contribution >= 4 is 17.6 Å². The Hall–Kier alpha value is -2.83. The number of anilines is 1. The molecule has 0 radical (unpaired) electrons. The van der Waals surface area contributed by atoms with Gasteiger partial charge in [-0.25, -0.2) is 4.79 Å². The molecule has 162 valence electrons. The Morgan fingerprint density at radius 1 is 1.17 bits per heavy atom. The summed E-state index contributed by atoms with van der Waals surface area (Å²) in [5.74, 6) is 0.472. The Labute approximate surface area is 178 Å². The molecular weight excluding hydrogens is 378 g/mol. The van der Waals surface area contributed by atoms with Crippen LogP contribution in [0.5, 0.6) is 0 Å². The van der Waals surface area contributed by atoms with E-state index in [1.807, 2.05) is 61.7 Å². The van der Waals surface area contributed by atoms with Gasteiger partial charge in [-0.05, 0) is 63.6 Å². The third kappa shape index (κ3) is 5.62. The van der Waals surface area contributed by atoms with Gasteiger partial charge in [0.15, 0.2) is 0 Å². The zero-order chi connectivity index (χ0) is 21.7. The quantitative estimate of drug-likeness (QED) is 0.765. The summed E-state index contributed by atoms with van der Waals surface area (Å²) in [4.78, 5) is 26.9. The van der Waals surface area contributed by atoms with Crippen molar-refractivity contribution in [2.24, 2.45) is 13.0 Å². The predicted octanol–water partition coefficient (Wildman–Crippen LogP) is 3.34. The van der Waals surface area contributed by atoms with Crippen LogP contribution in [-0.4, -0.2) is 46.3 Å². The molecular formula is C23H33N5O2. The van der Waals surface area contributed by atoms with Crippen molar-refractivity contribution in [1.29, 1.82) is 0 Å². The smallest absolute Gasteiger partial charge is 0.319 e. The lowest BCUT2D eigenvalue weighted by Crippen LogP contribution is -2.44. The lowest BCUT2D eigenvalue weighted by molar-refractivity contribution is -0.132. The number of urea groups is 1. The van der Waals surface area contributed by atoms with Gasteiger partial charge in [0.2, 0.25) is 5.91 Å². The number of likely N-dealkylation sites (tertiary alicyclic amines) is 1. The van der Waals surface area contributed by atoms with Crippen LogP contribution in [0.25, 0.3) is 0 Å². The second-order valence-corrected chi connectivity index (χ2v) is 8.32. The molecule has 2 aromatic rings. The second kappa shape index (κ2) is 9.78. The highest BCUT2D eigenvalue weighted by molar-refractivity contribution is 5.89. The summed E-state index contributed by atoms with van der Waals surface area (Å²) in [6.45, 7) is 8.13. The van der Waals surface area contributed by atoms with Crippen molar-refractivity contribution in [3.8, 4) is 0 Å². The second-order valence-electron chi connectivity index (χ2n) is 8.32. The van der Waals surface area contributed by atoms with Crippen molar-refractivity contribution in [2.75, 3.05) is 25.0 Å². The van der Waals surface area contributed by atoms with Crippen LogP contribution in [-0.2, 0) is 18.3 Å². The van der Waals surface area contributed by atoms with Crippen molar-refractivity contribution in [1.82, 2.24) is 20.0 Å². The molecule has 1 aromatic carbocycles. The number of carbonyl (C=O) groups is 2. The Balaban J connectivity index is 1.44. The Kier molecular flexibility index (Phi) is 7.13. The molecule has 1 saturated heterocycles. The zero-order valence-electron chi connectivity index (χ0n) is 18.5. The fraction of sp³-hybridized carbons (Fsp3) is 0.522. The van der Waals surface area contributed by atoms with E-state index in [0.29, 0.717) is 19.5 Å². The van der Waals surface area contributed by atoms with Crippen LogP contribution in [0.2, 0.25) is 0 Å². The van der Waals surface area contributed by atoms with Crippen LogP contribution < -0.4 is 10.6 Å². The van der Waals surface area contributed by atoms with E-state index < -0.39 is 0 Å². The Morgan fingerprint density at radius 3 is 2.57 bits per heavy atom. The lowest BCUT2D eigenvalue weighted by atomic mass is 9.97. The van der Waals surface area contributed by atoms with E-state index in [-0.39, 0.29) is 17.9 Å². The molecule has 7 heteroatoms. The number of aryl methyl sites for hydroxylation is 3. The summed E-state index contributed by atoms with van der Waals surface area (Å²) in [6.07, 6.45) is 3.22. The van der Waals surface area contributed by atoms with E-state index in [1.165, 1.54) is 5.56 Å². The average Bonchev–Trinajstić information content (AvgIpc) is 2.98. The topological polar surface area (TPSA) is 79.3 Å². The summed E-state index contributed by atoms with van der Waals surface area (Å²) in [5, 5.41) is 10.2. The monoisotopic (exact) mass is 411 g/mol. The third-order valence-corrected chi connectivity index (χ3v) is 5.98. The van der Waals surface area contributed by atoms with Gasteiger partial charge in [0, 0.05) is 44.5 Å². The fourth-order valence-corrected chi connectivity index (χ4v) is 4.08. The van der Waals surface area contributed by atoms with E-state index in [0.717, 1.165) is 48.4 Å². The first-order valence-corrected chi connectivity index (χ1v) is 10.7. The minimum absolute atomic E-state index is 0.187. The SMILES string of the molecule is Cc1ccc(NC(=O)NCC2CCCN(C(=O)CCc3c(C)nn(C)c3C)C2)cc1. The number of nitrogens with one attached hydrogen (secondary N) is 2. The number of rotatable bonds is 6. The maximum Gasteiger partial charge on any atom is 0.319 e. The maximum atomic E-state index is 12.8. The molecule has 2 heterocycles. The van der Waals surface area contributed by atoms with Crippen LogP contribution >= 0.6 is 0 Å². The van der Waals surface area contributed by atoms with Gasteiger partial charge in [-0.3, -0.25) is 9.48 Å². The van der Waals surface area contributed by atoms with Crippen LogP contribution in [0.4, 0.5) is 10.5 Å². The summed E-state index contributed by atoms with van der Waals surface area (Å²) >= 11 is 0. The molecule has 0 saturated carbocycles. The normalized spacial score (nSPS) is 16.4. The highest BCUT2D eigenvalue weighted by Gasteiger charge is 2.24. The van der Waals surface area contributed by atoms with E-state index in [1.54, 1.807) is 0 Å². The predicted molar refractivity (Wildman–Crippen MR) is 119 cm³/mol. The van der Waals surface area contributed by atoms with E-state index in [4.69, 9.17) is 0 Å². The molecule has 7 nitrogen and oxygen atoms in total. The van der Waals surface area contributed by atoms with E-state index in [2.05, 4.69) is 15.7 Å². The minimum atomic E-state index is -0.204. The molecule has 1 aromatic heterocycles. The standard InChI is InChI=1S/C23H33N5O2/c1-16-7-9-20(10-8-16)25-23(30)24-14-19-6-5-13-28(15-19)22(29)12-11-21-17(2)26-27(4)18(21)3/h7-10,19H,5-6,11-15H2,1-4H3,(H2,24,25,30). The first-order valence-electron chi connectivity index (χ1n) is 10.7. The van der Waals surface area contributed by atoms with Crippen LogP contribution in [0.3, 0.4) is 0 Å². The van der Waals surface area contributed by atoms with Crippen LogP contribution in [0.15, 0.2) is 24.3 Å². The Bertz CT molecular complexity index is 888. The number of carbonyl (C=O) groups excluding carboxylic acids is 2. The number of benzene rings is 1. The molecule has 3 rings (SSSR count). The van der Waals surface area contributed by atoms with Gasteiger partial charge in [-0.2, -0.15) is 5.10 Å². The Morgan fingerprint density at radius 2 is 1.90 bits per heavy atom. The number of piperidine rings is 1. The molecule has 1 atom stereocenters. The lowest BCUT2D eigenvalue weighted by Gasteiger charge is -2.33. The van der Waals surface area contributed by atoms with Crippen molar-refractivity contribution in [3.63, 3.8) is 0 Å². The molecule has 0 spiro atoms. The summed E-state index contributed by atoms with van der Waals surface area (Å²) in [5.41, 5.74) is 5.24. The minimum Gasteiger partial charge on any atom is -0.342 e. The highest BCUT2D eigenvalue weighted by Crippen LogP contribution is 2.19. The molecule has 0 bridgehead atoms. The summed E-state index contributed by atoms with van der Waals surface area (Å²) in [7, 11) is 1.94. The molecule has 1 fully saturated rings. The van der Waals surface area contributed by atoms with Crippen molar-refractivity contribution in [2.45, 2.75) is 46.5 Å². The third-order valence-electron chi connectivity index (χ3n) is 5.98. The van der Waals surface area contributed by atoms with Crippen LogP contribution in [0.1, 0.15) is 41.8 Å². The number of hydrogen-bond acceptors (Lipinski definition) is 3. The average molecular weight is 412 g/mol. The first kappa shape index (κ1) is 21.9. The molecule has 30 heavy (non-hydrogen) atoms. The van der Waals surface area contributed by atoms with Gasteiger partial charge in [-0.15, -0.1) is 0 Å². The number of amides is 3. The van der Waals surface area contributed by atoms with E-state index >= 15 is 0 Å². The van der Waals surface area contributed by atoms with Crippen molar-refractivity contribution in [3.05, 3.63) is 46.8 Å². The molecule has 1 aliphatic rings. The largest absolute Gasteiger partial charge is 0.342 e. The fourth-order valence-electron chi connectivity index (χ4n) is 4.08. The van der Waals surface area contributed by atoms with Gasteiger partial charge in [0.25, 0.3) is 0 Å². The number of hydrogen-bond donors (Lipinski definition) is 2. The molecule has 0 aliphatic carbocycles.